The standard InChI is InChI=1S/C34H52N2.3CH3.Zr/c1-25(2)29-19-14-20-30(26(3)4)32(29)36-34(31-21-12-13-22-35-31,23-27-15-8-7-9-16-27)24-33(5,6)28-17-10-11-18-28;;;;/h7-9,14-16,19,25-26,28,30-31H,10-13,17-18,20-24H2,1-6H3;3*1H3;/q-2;3*-1;. The van der Waals surface area contributed by atoms with E-state index in [1.165, 1.54) is 61.8 Å². The van der Waals surface area contributed by atoms with Gasteiger partial charge in [-0.2, -0.15) is 5.70 Å². The molecule has 1 saturated carbocycles. The van der Waals surface area contributed by atoms with Gasteiger partial charge in [0.1, 0.15) is 0 Å². The molecule has 1 saturated heterocycles. The number of rotatable bonds is 10. The van der Waals surface area contributed by atoms with Gasteiger partial charge in [-0.3, -0.25) is 0 Å². The third-order valence-electron chi connectivity index (χ3n) is 9.53. The second-order valence-corrected chi connectivity index (χ2v) is 13.4. The summed E-state index contributed by atoms with van der Waals surface area (Å²) >= 11 is 0. The molecule has 1 aromatic rings. The Labute approximate surface area is 270 Å². The van der Waals surface area contributed by atoms with Crippen LogP contribution < -0.4 is 0 Å². The van der Waals surface area contributed by atoms with Crippen LogP contribution in [0.4, 0.5) is 0 Å². The van der Waals surface area contributed by atoms with Crippen molar-refractivity contribution < 1.29 is 26.2 Å². The van der Waals surface area contributed by atoms with E-state index >= 15 is 0 Å². The number of piperidine rings is 1. The fourth-order valence-electron chi connectivity index (χ4n) is 7.48. The van der Waals surface area contributed by atoms with Crippen LogP contribution in [0.2, 0.25) is 0 Å². The third kappa shape index (κ3) is 9.42. The molecule has 4 rings (SSSR count). The van der Waals surface area contributed by atoms with Gasteiger partial charge in [0.05, 0.1) is 0 Å². The smallest absolute Gasteiger partial charge is 0 e. The SMILES string of the molecule is CC(C)C1=C([N-]C(Cc2ccccc2)(CC(C)(C)C2CCCC2)C2CCCC[N-]2)C(C(C)C)CC=C1.[CH3-].[CH3-].[CH3-].[Zr]. The Balaban J connectivity index is 0.00000380. The van der Waals surface area contributed by atoms with Gasteiger partial charge >= 0.3 is 0 Å². The quantitative estimate of drug-likeness (QED) is 0.232. The number of benzene rings is 1. The Kier molecular flexibility index (Phi) is 17.2. The molecule has 0 N–H and O–H groups in total. The molecule has 2 aliphatic carbocycles. The number of hydrogen-bond acceptors (Lipinski definition) is 0. The zero-order valence-corrected chi connectivity index (χ0v) is 30.1. The molecule has 228 valence electrons. The minimum atomic E-state index is -0.179. The van der Waals surface area contributed by atoms with Crippen molar-refractivity contribution in [2.24, 2.45) is 29.1 Å². The molecule has 2 nitrogen and oxygen atoms in total. The van der Waals surface area contributed by atoms with Crippen LogP contribution in [0.1, 0.15) is 105 Å². The molecule has 1 heterocycles. The monoisotopic (exact) mass is 623 g/mol. The molecule has 0 radical (unpaired) electrons. The van der Waals surface area contributed by atoms with Crippen LogP contribution in [0, 0.1) is 51.4 Å². The normalized spacial score (nSPS) is 23.0. The zero-order chi connectivity index (χ0) is 25.8. The van der Waals surface area contributed by atoms with Crippen LogP contribution in [-0.2, 0) is 32.6 Å². The Morgan fingerprint density at radius 2 is 1.52 bits per heavy atom. The van der Waals surface area contributed by atoms with Gasteiger partial charge in [-0.05, 0) is 60.3 Å². The molecule has 3 heteroatoms. The average molecular weight is 625 g/mol. The Morgan fingerprint density at radius 1 is 0.900 bits per heavy atom. The van der Waals surface area contributed by atoms with Gasteiger partial charge in [-0.25, -0.2) is 0 Å². The summed E-state index contributed by atoms with van der Waals surface area (Å²) in [4.78, 5) is 0. The molecular formula is C37H61N2Zr-5. The molecule has 3 unspecified atom stereocenters. The van der Waals surface area contributed by atoms with Crippen molar-refractivity contribution in [3.63, 3.8) is 0 Å². The average Bonchev–Trinajstić information content (AvgIpc) is 3.41. The predicted octanol–water partition coefficient (Wildman–Crippen LogP) is 11.4. The van der Waals surface area contributed by atoms with Crippen LogP contribution in [0.15, 0.2) is 53.8 Å². The first-order chi connectivity index (χ1) is 17.2. The van der Waals surface area contributed by atoms with E-state index in [0.29, 0.717) is 23.8 Å². The Bertz CT molecular complexity index is 888. The fourth-order valence-corrected chi connectivity index (χ4v) is 7.48. The Morgan fingerprint density at radius 3 is 2.08 bits per heavy atom. The summed E-state index contributed by atoms with van der Waals surface area (Å²) in [6, 6.07) is 11.5. The minimum absolute atomic E-state index is 0. The zero-order valence-electron chi connectivity index (χ0n) is 27.6. The van der Waals surface area contributed by atoms with Gasteiger partial charge in [-0.1, -0.05) is 128 Å². The number of allylic oxidation sites excluding steroid dienone is 4. The van der Waals surface area contributed by atoms with E-state index in [0.717, 1.165) is 31.7 Å². The van der Waals surface area contributed by atoms with E-state index in [1.54, 1.807) is 0 Å². The summed E-state index contributed by atoms with van der Waals surface area (Å²) in [5.41, 5.74) is 4.37. The molecule has 1 aromatic carbocycles. The van der Waals surface area contributed by atoms with Crippen molar-refractivity contribution in [3.05, 3.63) is 92.2 Å². The summed E-state index contributed by atoms with van der Waals surface area (Å²) in [5, 5.41) is 11.5. The summed E-state index contributed by atoms with van der Waals surface area (Å²) in [5.74, 6) is 2.38. The summed E-state index contributed by atoms with van der Waals surface area (Å²) < 4.78 is 0. The van der Waals surface area contributed by atoms with E-state index in [-0.39, 0.29) is 59.4 Å². The molecule has 3 aliphatic rings. The Hall–Kier alpha value is -0.657. The molecule has 40 heavy (non-hydrogen) atoms. The van der Waals surface area contributed by atoms with Crippen LogP contribution in [0.3, 0.4) is 0 Å². The van der Waals surface area contributed by atoms with Crippen molar-refractivity contribution >= 4 is 0 Å². The van der Waals surface area contributed by atoms with E-state index < -0.39 is 0 Å². The molecule has 0 bridgehead atoms. The van der Waals surface area contributed by atoms with Crippen LogP contribution in [0.5, 0.6) is 0 Å². The number of nitrogens with zero attached hydrogens (tertiary/aromatic N) is 2. The molecule has 0 spiro atoms. The second kappa shape index (κ2) is 17.5. The third-order valence-corrected chi connectivity index (χ3v) is 9.53. The van der Waals surface area contributed by atoms with Gasteiger partial charge in [-0.15, -0.1) is 18.1 Å². The van der Waals surface area contributed by atoms with Crippen molar-refractivity contribution in [1.82, 2.24) is 0 Å². The molecular weight excluding hydrogens is 564 g/mol. The summed E-state index contributed by atoms with van der Waals surface area (Å²) in [6.07, 6.45) is 17.3. The molecule has 2 fully saturated rings. The first-order valence-electron chi connectivity index (χ1n) is 15.1. The fraction of sp³-hybridized carbons (Fsp3) is 0.649. The minimum Gasteiger partial charge on any atom is -0.683 e. The maximum Gasteiger partial charge on any atom is 0 e. The summed E-state index contributed by atoms with van der Waals surface area (Å²) in [6.45, 7) is 15.6. The van der Waals surface area contributed by atoms with E-state index in [1.807, 2.05) is 0 Å². The van der Waals surface area contributed by atoms with Crippen molar-refractivity contribution in [2.75, 3.05) is 6.54 Å². The van der Waals surface area contributed by atoms with Gasteiger partial charge in [0, 0.05) is 26.2 Å². The maximum atomic E-state index is 6.08. The molecule has 3 atom stereocenters. The first kappa shape index (κ1) is 39.3. The largest absolute Gasteiger partial charge is 0.683 e. The maximum absolute atomic E-state index is 6.08. The van der Waals surface area contributed by atoms with E-state index in [2.05, 4.69) is 84.0 Å². The summed E-state index contributed by atoms with van der Waals surface area (Å²) in [7, 11) is 0. The first-order valence-corrected chi connectivity index (χ1v) is 15.1. The predicted molar refractivity (Wildman–Crippen MR) is 176 cm³/mol. The van der Waals surface area contributed by atoms with Gasteiger partial charge in [0.25, 0.3) is 0 Å². The van der Waals surface area contributed by atoms with E-state index in [4.69, 9.17) is 10.6 Å². The molecule has 1 aliphatic heterocycles. The molecule has 0 aromatic heterocycles. The van der Waals surface area contributed by atoms with Crippen LogP contribution in [-0.4, -0.2) is 18.1 Å². The van der Waals surface area contributed by atoms with Crippen LogP contribution >= 0.6 is 0 Å². The molecule has 0 amide bonds. The topological polar surface area (TPSA) is 28.2 Å². The van der Waals surface area contributed by atoms with Gasteiger partial charge in [0.2, 0.25) is 0 Å². The van der Waals surface area contributed by atoms with Crippen molar-refractivity contribution in [2.45, 2.75) is 117 Å². The van der Waals surface area contributed by atoms with Gasteiger partial charge in [0.15, 0.2) is 0 Å². The van der Waals surface area contributed by atoms with Crippen LogP contribution in [0.25, 0.3) is 10.6 Å². The number of hydrogen-bond donors (Lipinski definition) is 0. The van der Waals surface area contributed by atoms with E-state index in [9.17, 15) is 0 Å². The second-order valence-electron chi connectivity index (χ2n) is 13.4. The van der Waals surface area contributed by atoms with Gasteiger partial charge < -0.3 is 32.9 Å². The van der Waals surface area contributed by atoms with Crippen molar-refractivity contribution in [3.8, 4) is 0 Å². The van der Waals surface area contributed by atoms with Crippen molar-refractivity contribution in [1.29, 1.82) is 0 Å².